The highest BCUT2D eigenvalue weighted by atomic mass is 32.2. The summed E-state index contributed by atoms with van der Waals surface area (Å²) >= 11 is 0. The van der Waals surface area contributed by atoms with Gasteiger partial charge in [-0.25, -0.2) is 8.42 Å². The third-order valence-corrected chi connectivity index (χ3v) is 6.58. The van der Waals surface area contributed by atoms with Crippen LogP contribution in [0.2, 0.25) is 0 Å². The van der Waals surface area contributed by atoms with E-state index in [-0.39, 0.29) is 18.0 Å². The zero-order valence-electron chi connectivity index (χ0n) is 15.3. The second-order valence-electron chi connectivity index (χ2n) is 6.82. The molecule has 24 heavy (non-hydrogen) atoms. The van der Waals surface area contributed by atoms with Crippen LogP contribution in [0.4, 0.5) is 0 Å². The number of benzene rings is 1. The molecule has 0 bridgehead atoms. The van der Waals surface area contributed by atoms with Gasteiger partial charge in [0, 0.05) is 19.2 Å². The van der Waals surface area contributed by atoms with E-state index in [0.717, 1.165) is 18.4 Å². The Bertz CT molecular complexity index is 653. The molecule has 0 aliphatic heterocycles. The SMILES string of the molecule is COCCOc1ccc(S(=O)(=O)N(C2CC2)C(C)C(C)C)cc1C. The van der Waals surface area contributed by atoms with Gasteiger partial charge in [-0.2, -0.15) is 4.31 Å². The van der Waals surface area contributed by atoms with Gasteiger partial charge in [-0.3, -0.25) is 0 Å². The third kappa shape index (κ3) is 4.29. The van der Waals surface area contributed by atoms with E-state index in [0.29, 0.717) is 23.9 Å². The maximum Gasteiger partial charge on any atom is 0.243 e. The Kier molecular flexibility index (Phi) is 6.28. The molecule has 1 aliphatic carbocycles. The van der Waals surface area contributed by atoms with E-state index in [9.17, 15) is 8.42 Å². The number of rotatable bonds is 9. The lowest BCUT2D eigenvalue weighted by molar-refractivity contribution is 0.146. The highest BCUT2D eigenvalue weighted by Crippen LogP contribution is 2.36. The third-order valence-electron chi connectivity index (χ3n) is 4.54. The summed E-state index contributed by atoms with van der Waals surface area (Å²) in [6.07, 6.45) is 1.90. The molecular weight excluding hydrogens is 326 g/mol. The molecule has 1 fully saturated rings. The molecule has 1 aromatic rings. The van der Waals surface area contributed by atoms with Gasteiger partial charge in [-0.1, -0.05) is 13.8 Å². The van der Waals surface area contributed by atoms with E-state index >= 15 is 0 Å². The summed E-state index contributed by atoms with van der Waals surface area (Å²) in [5, 5.41) is 0. The first-order valence-corrected chi connectivity index (χ1v) is 9.99. The molecule has 0 aromatic heterocycles. The van der Waals surface area contributed by atoms with Crippen LogP contribution in [0.15, 0.2) is 23.1 Å². The van der Waals surface area contributed by atoms with Crippen molar-refractivity contribution in [3.63, 3.8) is 0 Å². The van der Waals surface area contributed by atoms with E-state index in [1.807, 2.05) is 13.8 Å². The molecule has 136 valence electrons. The van der Waals surface area contributed by atoms with Crippen LogP contribution in [0.5, 0.6) is 5.75 Å². The average molecular weight is 356 g/mol. The summed E-state index contributed by atoms with van der Waals surface area (Å²) in [6, 6.07) is 5.22. The highest BCUT2D eigenvalue weighted by molar-refractivity contribution is 7.89. The van der Waals surface area contributed by atoms with Crippen molar-refractivity contribution in [1.29, 1.82) is 0 Å². The molecule has 1 saturated carbocycles. The van der Waals surface area contributed by atoms with E-state index in [2.05, 4.69) is 13.8 Å². The van der Waals surface area contributed by atoms with Crippen LogP contribution in [0.25, 0.3) is 0 Å². The van der Waals surface area contributed by atoms with Crippen molar-refractivity contribution in [3.05, 3.63) is 23.8 Å². The first kappa shape index (κ1) is 19.2. The Morgan fingerprint density at radius 2 is 1.88 bits per heavy atom. The van der Waals surface area contributed by atoms with Gasteiger partial charge in [0.25, 0.3) is 0 Å². The lowest BCUT2D eigenvalue weighted by Crippen LogP contribution is -2.43. The topological polar surface area (TPSA) is 55.8 Å². The summed E-state index contributed by atoms with van der Waals surface area (Å²) in [5.74, 6) is 0.971. The van der Waals surface area contributed by atoms with Crippen LogP contribution >= 0.6 is 0 Å². The van der Waals surface area contributed by atoms with E-state index < -0.39 is 10.0 Å². The maximum atomic E-state index is 13.1. The maximum absolute atomic E-state index is 13.1. The molecule has 0 N–H and O–H groups in total. The van der Waals surface area contributed by atoms with Crippen molar-refractivity contribution >= 4 is 10.0 Å². The van der Waals surface area contributed by atoms with Gasteiger partial charge in [0.15, 0.2) is 0 Å². The molecule has 0 spiro atoms. The lowest BCUT2D eigenvalue weighted by Gasteiger charge is -2.31. The number of sulfonamides is 1. The zero-order chi connectivity index (χ0) is 17.9. The highest BCUT2D eigenvalue weighted by Gasteiger charge is 2.41. The molecule has 0 saturated heterocycles. The van der Waals surface area contributed by atoms with Gasteiger partial charge in [0.05, 0.1) is 11.5 Å². The molecule has 2 rings (SSSR count). The van der Waals surface area contributed by atoms with Crippen molar-refractivity contribution in [2.24, 2.45) is 5.92 Å². The molecule has 0 heterocycles. The lowest BCUT2D eigenvalue weighted by atomic mass is 10.1. The number of ether oxygens (including phenoxy) is 2. The van der Waals surface area contributed by atoms with Crippen molar-refractivity contribution < 1.29 is 17.9 Å². The number of nitrogens with zero attached hydrogens (tertiary/aromatic N) is 1. The molecule has 1 aliphatic rings. The first-order valence-electron chi connectivity index (χ1n) is 8.55. The standard InChI is InChI=1S/C18H29NO4S/c1-13(2)15(4)19(16-6-7-16)24(20,21)17-8-9-18(14(3)12-17)23-11-10-22-5/h8-9,12-13,15-16H,6-7,10-11H2,1-5H3. The quantitative estimate of drug-likeness (QED) is 0.638. The second-order valence-corrected chi connectivity index (χ2v) is 8.66. The van der Waals surface area contributed by atoms with Crippen LogP contribution in [-0.2, 0) is 14.8 Å². The predicted molar refractivity (Wildman–Crippen MR) is 94.9 cm³/mol. The summed E-state index contributed by atoms with van der Waals surface area (Å²) < 4.78 is 38.6. The van der Waals surface area contributed by atoms with E-state index in [1.54, 1.807) is 29.6 Å². The molecule has 1 atom stereocenters. The van der Waals surface area contributed by atoms with Crippen LogP contribution < -0.4 is 4.74 Å². The normalized spacial score (nSPS) is 16.6. The monoisotopic (exact) mass is 355 g/mol. The molecule has 0 amide bonds. The predicted octanol–water partition coefficient (Wildman–Crippen LogP) is 3.22. The molecule has 0 radical (unpaired) electrons. The van der Waals surface area contributed by atoms with Crippen molar-refractivity contribution in [3.8, 4) is 5.75 Å². The van der Waals surface area contributed by atoms with Crippen molar-refractivity contribution in [2.75, 3.05) is 20.3 Å². The molecule has 1 unspecified atom stereocenters. The summed E-state index contributed by atoms with van der Waals surface area (Å²) in [5.41, 5.74) is 0.820. The van der Waals surface area contributed by atoms with Gasteiger partial charge in [0.1, 0.15) is 12.4 Å². The van der Waals surface area contributed by atoms with E-state index in [4.69, 9.17) is 9.47 Å². The minimum absolute atomic E-state index is 0.0135. The Hall–Kier alpha value is -1.11. The van der Waals surface area contributed by atoms with Gasteiger partial charge in [-0.15, -0.1) is 0 Å². The van der Waals surface area contributed by atoms with Crippen molar-refractivity contribution in [2.45, 2.75) is 57.5 Å². The molecule has 1 aromatic carbocycles. The second kappa shape index (κ2) is 7.85. The number of methoxy groups -OCH3 is 1. The molecular formula is C18H29NO4S. The van der Waals surface area contributed by atoms with Crippen molar-refractivity contribution in [1.82, 2.24) is 4.31 Å². The Balaban J connectivity index is 2.26. The smallest absolute Gasteiger partial charge is 0.243 e. The van der Waals surface area contributed by atoms with Crippen LogP contribution in [0.3, 0.4) is 0 Å². The van der Waals surface area contributed by atoms with Crippen LogP contribution in [0, 0.1) is 12.8 Å². The minimum atomic E-state index is -3.49. The van der Waals surface area contributed by atoms with Crippen LogP contribution in [-0.4, -0.2) is 45.1 Å². The van der Waals surface area contributed by atoms with Gasteiger partial charge in [0.2, 0.25) is 10.0 Å². The van der Waals surface area contributed by atoms with Crippen LogP contribution in [0.1, 0.15) is 39.2 Å². The fraction of sp³-hybridized carbons (Fsp3) is 0.667. The zero-order valence-corrected chi connectivity index (χ0v) is 16.1. The number of aryl methyl sites for hydroxylation is 1. The van der Waals surface area contributed by atoms with Gasteiger partial charge >= 0.3 is 0 Å². The summed E-state index contributed by atoms with van der Waals surface area (Å²) in [7, 11) is -1.87. The summed E-state index contributed by atoms with van der Waals surface area (Å²) in [6.45, 7) is 8.94. The summed E-state index contributed by atoms with van der Waals surface area (Å²) in [4.78, 5) is 0.346. The Labute approximate surface area is 146 Å². The number of hydrogen-bond donors (Lipinski definition) is 0. The molecule has 6 heteroatoms. The Morgan fingerprint density at radius 1 is 1.21 bits per heavy atom. The van der Waals surface area contributed by atoms with Gasteiger partial charge in [-0.05, 0) is 56.4 Å². The number of hydrogen-bond acceptors (Lipinski definition) is 4. The average Bonchev–Trinajstić information content (AvgIpc) is 3.33. The van der Waals surface area contributed by atoms with Gasteiger partial charge < -0.3 is 9.47 Å². The Morgan fingerprint density at radius 3 is 2.38 bits per heavy atom. The fourth-order valence-electron chi connectivity index (χ4n) is 2.67. The fourth-order valence-corrected chi connectivity index (χ4v) is 4.77. The largest absolute Gasteiger partial charge is 0.491 e. The first-order chi connectivity index (χ1) is 11.3. The minimum Gasteiger partial charge on any atom is -0.491 e. The molecule has 5 nitrogen and oxygen atoms in total. The van der Waals surface area contributed by atoms with E-state index in [1.165, 1.54) is 0 Å².